The molecule has 8 nitrogen and oxygen atoms in total. The molecule has 1 atom stereocenters. The van der Waals surface area contributed by atoms with Crippen molar-refractivity contribution >= 4 is 43.4 Å². The number of amides is 1. The Morgan fingerprint density at radius 3 is 1.94 bits per heavy atom. The third-order valence-corrected chi connectivity index (χ3v) is 10.3. The minimum atomic E-state index is -4.05. The quantitative estimate of drug-likeness (QED) is 0.470. The first-order valence-corrected chi connectivity index (χ1v) is 14.9. The Bertz CT molecular complexity index is 1400. The van der Waals surface area contributed by atoms with Crippen LogP contribution in [0.3, 0.4) is 0 Å². The van der Waals surface area contributed by atoms with E-state index < -0.39 is 32.0 Å². The number of anilines is 1. The molecule has 0 spiro atoms. The van der Waals surface area contributed by atoms with Crippen molar-refractivity contribution in [1.82, 2.24) is 8.61 Å². The van der Waals surface area contributed by atoms with Crippen LogP contribution in [-0.4, -0.2) is 63.3 Å². The van der Waals surface area contributed by atoms with E-state index in [1.165, 1.54) is 40.3 Å². The van der Waals surface area contributed by atoms with Gasteiger partial charge in [-0.05, 0) is 42.7 Å². The topological polar surface area (TPSA) is 104 Å². The van der Waals surface area contributed by atoms with Crippen LogP contribution in [0, 0.1) is 0 Å². The third-order valence-electron chi connectivity index (χ3n) is 5.69. The van der Waals surface area contributed by atoms with Crippen molar-refractivity contribution in [2.45, 2.75) is 20.7 Å². The Labute approximate surface area is 210 Å². The fraction of sp³-hybridized carbons (Fsp3) is 0.208. The van der Waals surface area contributed by atoms with Crippen molar-refractivity contribution in [3.8, 4) is 0 Å². The number of nitrogens with one attached hydrogen (secondary N) is 1. The van der Waals surface area contributed by atoms with E-state index in [2.05, 4.69) is 5.32 Å². The molecule has 0 aromatic heterocycles. The van der Waals surface area contributed by atoms with E-state index in [4.69, 9.17) is 0 Å². The largest absolute Gasteiger partial charge is 0.324 e. The number of hydrogen-bond acceptors (Lipinski definition) is 6. The number of thioether (sulfide) groups is 1. The van der Waals surface area contributed by atoms with Gasteiger partial charge in [-0.1, -0.05) is 48.5 Å². The maximum atomic E-state index is 13.5. The predicted octanol–water partition coefficient (Wildman–Crippen LogP) is 3.11. The van der Waals surface area contributed by atoms with Crippen molar-refractivity contribution < 1.29 is 21.6 Å². The molecular formula is C24H25N3O5S3. The highest BCUT2D eigenvalue weighted by molar-refractivity contribution is 7.98. The van der Waals surface area contributed by atoms with Crippen LogP contribution < -0.4 is 5.32 Å². The van der Waals surface area contributed by atoms with Gasteiger partial charge >= 0.3 is 0 Å². The van der Waals surface area contributed by atoms with E-state index in [-0.39, 0.29) is 29.4 Å². The Morgan fingerprint density at radius 1 is 0.800 bits per heavy atom. The molecule has 1 amide bonds. The van der Waals surface area contributed by atoms with Crippen LogP contribution in [0.2, 0.25) is 0 Å². The first-order valence-electron chi connectivity index (χ1n) is 10.8. The SMILES string of the molecule is CSc1ccccc1NC(=O)[C@@H]1CN(S(=O)(=O)c2ccccc2)CCN1S(=O)(=O)c1ccccc1. The third kappa shape index (κ3) is 5.29. The Kier molecular flexibility index (Phi) is 7.62. The lowest BCUT2D eigenvalue weighted by atomic mass is 10.2. The lowest BCUT2D eigenvalue weighted by molar-refractivity contribution is -0.120. The van der Waals surface area contributed by atoms with Gasteiger partial charge in [0.2, 0.25) is 26.0 Å². The highest BCUT2D eigenvalue weighted by Crippen LogP contribution is 2.28. The van der Waals surface area contributed by atoms with E-state index in [0.29, 0.717) is 5.69 Å². The van der Waals surface area contributed by atoms with E-state index >= 15 is 0 Å². The van der Waals surface area contributed by atoms with Crippen LogP contribution in [0.15, 0.2) is 99.6 Å². The maximum absolute atomic E-state index is 13.5. The highest BCUT2D eigenvalue weighted by Gasteiger charge is 2.43. The lowest BCUT2D eigenvalue weighted by Crippen LogP contribution is -2.60. The average molecular weight is 532 g/mol. The number of hydrogen-bond donors (Lipinski definition) is 1. The summed E-state index contributed by atoms with van der Waals surface area (Å²) in [5, 5.41) is 2.81. The minimum Gasteiger partial charge on any atom is -0.324 e. The molecule has 1 N–H and O–H groups in total. The summed E-state index contributed by atoms with van der Waals surface area (Å²) < 4.78 is 55.7. The number of carbonyl (C=O) groups excluding carboxylic acids is 1. The summed E-state index contributed by atoms with van der Waals surface area (Å²) in [7, 11) is -7.97. The zero-order valence-corrected chi connectivity index (χ0v) is 21.4. The van der Waals surface area contributed by atoms with Gasteiger partial charge in [-0.15, -0.1) is 11.8 Å². The van der Waals surface area contributed by atoms with Crippen LogP contribution >= 0.6 is 11.8 Å². The van der Waals surface area contributed by atoms with E-state index in [9.17, 15) is 21.6 Å². The molecule has 1 heterocycles. The number of sulfonamides is 2. The van der Waals surface area contributed by atoms with Gasteiger partial charge in [-0.3, -0.25) is 4.79 Å². The summed E-state index contributed by atoms with van der Waals surface area (Å²) in [6.07, 6.45) is 1.87. The van der Waals surface area contributed by atoms with Gasteiger partial charge in [-0.2, -0.15) is 8.61 Å². The number of piperazine rings is 1. The standard InChI is InChI=1S/C24H25N3O5S3/c1-33-23-15-9-8-14-21(23)25-24(28)22-18-26(34(29,30)19-10-4-2-5-11-19)16-17-27(22)35(31,32)20-12-6-3-7-13-20/h2-15,22H,16-18H2,1H3,(H,25,28)/t22-/m0/s1. The van der Waals surface area contributed by atoms with E-state index in [0.717, 1.165) is 9.20 Å². The first kappa shape index (κ1) is 25.4. The summed E-state index contributed by atoms with van der Waals surface area (Å²) in [4.78, 5) is 14.4. The second-order valence-corrected chi connectivity index (χ2v) is 12.5. The average Bonchev–Trinajstić information content (AvgIpc) is 2.89. The normalized spacial score (nSPS) is 17.7. The molecule has 1 fully saturated rings. The molecule has 1 saturated heterocycles. The number of benzene rings is 3. The van der Waals surface area contributed by atoms with Crippen molar-refractivity contribution in [3.05, 3.63) is 84.9 Å². The summed E-state index contributed by atoms with van der Waals surface area (Å²) in [6, 6.07) is 21.6. The molecule has 4 rings (SSSR count). The van der Waals surface area contributed by atoms with Crippen molar-refractivity contribution in [2.75, 3.05) is 31.2 Å². The van der Waals surface area contributed by atoms with Gasteiger partial charge in [0.1, 0.15) is 6.04 Å². The van der Waals surface area contributed by atoms with Gasteiger partial charge < -0.3 is 5.32 Å². The van der Waals surface area contributed by atoms with Gasteiger partial charge in [-0.25, -0.2) is 16.8 Å². The van der Waals surface area contributed by atoms with Gasteiger partial charge in [0.05, 0.1) is 15.5 Å². The van der Waals surface area contributed by atoms with Crippen LogP contribution in [0.4, 0.5) is 5.69 Å². The smallest absolute Gasteiger partial charge is 0.244 e. The molecule has 184 valence electrons. The molecule has 35 heavy (non-hydrogen) atoms. The number of para-hydroxylation sites is 1. The monoisotopic (exact) mass is 531 g/mol. The first-order chi connectivity index (χ1) is 16.7. The second-order valence-electron chi connectivity index (χ2n) is 7.81. The molecule has 11 heteroatoms. The van der Waals surface area contributed by atoms with Crippen molar-refractivity contribution in [3.63, 3.8) is 0 Å². The summed E-state index contributed by atoms with van der Waals surface area (Å²) in [5.74, 6) is -0.598. The Morgan fingerprint density at radius 2 is 1.34 bits per heavy atom. The fourth-order valence-electron chi connectivity index (χ4n) is 3.89. The summed E-state index contributed by atoms with van der Waals surface area (Å²) in [6.45, 7) is -0.545. The Hall–Kier alpha value is -2.70. The molecule has 0 radical (unpaired) electrons. The van der Waals surface area contributed by atoms with Crippen LogP contribution in [0.5, 0.6) is 0 Å². The predicted molar refractivity (Wildman–Crippen MR) is 136 cm³/mol. The molecule has 3 aromatic rings. The molecule has 0 saturated carbocycles. The Balaban J connectivity index is 1.70. The van der Waals surface area contributed by atoms with Gasteiger partial charge in [0, 0.05) is 24.5 Å². The summed E-state index contributed by atoms with van der Waals surface area (Å²) >= 11 is 1.44. The minimum absolute atomic E-state index is 0.0432. The van der Waals surface area contributed by atoms with E-state index in [1.54, 1.807) is 48.5 Å². The molecule has 3 aromatic carbocycles. The van der Waals surface area contributed by atoms with Crippen LogP contribution in [0.25, 0.3) is 0 Å². The van der Waals surface area contributed by atoms with Crippen molar-refractivity contribution in [1.29, 1.82) is 0 Å². The maximum Gasteiger partial charge on any atom is 0.244 e. The molecule has 0 bridgehead atoms. The number of rotatable bonds is 7. The molecule has 1 aliphatic rings. The van der Waals surface area contributed by atoms with E-state index in [1.807, 2.05) is 18.4 Å². The zero-order chi connectivity index (χ0) is 25.1. The van der Waals surface area contributed by atoms with Crippen LogP contribution in [-0.2, 0) is 24.8 Å². The van der Waals surface area contributed by atoms with Gasteiger partial charge in [0.15, 0.2) is 0 Å². The molecule has 1 aliphatic heterocycles. The summed E-state index contributed by atoms with van der Waals surface area (Å²) in [5.41, 5.74) is 0.532. The van der Waals surface area contributed by atoms with Crippen molar-refractivity contribution in [2.24, 2.45) is 0 Å². The number of carbonyl (C=O) groups is 1. The van der Waals surface area contributed by atoms with Gasteiger partial charge in [0.25, 0.3) is 0 Å². The lowest BCUT2D eigenvalue weighted by Gasteiger charge is -2.39. The zero-order valence-electron chi connectivity index (χ0n) is 18.9. The molecule has 0 unspecified atom stereocenters. The molecule has 0 aliphatic carbocycles. The fourth-order valence-corrected chi connectivity index (χ4v) is 7.50. The number of nitrogens with zero attached hydrogens (tertiary/aromatic N) is 2. The molecular weight excluding hydrogens is 506 g/mol. The highest BCUT2D eigenvalue weighted by atomic mass is 32.2. The second kappa shape index (κ2) is 10.5. The van der Waals surface area contributed by atoms with Crippen LogP contribution in [0.1, 0.15) is 0 Å².